The maximum Gasteiger partial charge on any atom is 0.320 e. The molecule has 6 heteroatoms. The second-order valence-corrected chi connectivity index (χ2v) is 4.75. The van der Waals surface area contributed by atoms with Gasteiger partial charge in [-0.2, -0.15) is 0 Å². The molecule has 1 aromatic carbocycles. The number of hydrogen-bond donors (Lipinski definition) is 3. The Morgan fingerprint density at radius 1 is 1.40 bits per heavy atom. The lowest BCUT2D eigenvalue weighted by molar-refractivity contribution is -0.140. The molecule has 0 amide bonds. The van der Waals surface area contributed by atoms with Gasteiger partial charge in [0.2, 0.25) is 0 Å². The van der Waals surface area contributed by atoms with Crippen LogP contribution in [-0.2, 0) is 4.79 Å². The van der Waals surface area contributed by atoms with Crippen molar-refractivity contribution in [2.24, 2.45) is 0 Å². The second-order valence-electron chi connectivity index (χ2n) is 4.75. The third kappa shape index (κ3) is 4.25. The van der Waals surface area contributed by atoms with E-state index >= 15 is 0 Å². The van der Waals surface area contributed by atoms with Crippen LogP contribution in [0.15, 0.2) is 18.2 Å². The predicted octanol–water partition coefficient (Wildman–Crippen LogP) is 2.23. The third-order valence-corrected chi connectivity index (χ3v) is 3.09. The smallest absolute Gasteiger partial charge is 0.320 e. The van der Waals surface area contributed by atoms with Crippen molar-refractivity contribution in [3.8, 4) is 0 Å². The van der Waals surface area contributed by atoms with Crippen LogP contribution in [0.25, 0.3) is 0 Å². The summed E-state index contributed by atoms with van der Waals surface area (Å²) in [6, 6.07) is 1.25. The van der Waals surface area contributed by atoms with Crippen molar-refractivity contribution < 1.29 is 23.8 Å². The minimum absolute atomic E-state index is 0.189. The van der Waals surface area contributed by atoms with Crippen molar-refractivity contribution in [1.29, 1.82) is 0 Å². The van der Waals surface area contributed by atoms with Gasteiger partial charge in [0.15, 0.2) is 0 Å². The van der Waals surface area contributed by atoms with Crippen LogP contribution in [0.4, 0.5) is 8.78 Å². The Morgan fingerprint density at radius 3 is 2.60 bits per heavy atom. The molecule has 20 heavy (non-hydrogen) atoms. The van der Waals surface area contributed by atoms with Crippen LogP contribution in [0.1, 0.15) is 38.4 Å². The molecule has 112 valence electrons. The molecule has 0 aliphatic carbocycles. The van der Waals surface area contributed by atoms with Crippen molar-refractivity contribution in [2.75, 3.05) is 0 Å². The van der Waals surface area contributed by atoms with Gasteiger partial charge in [0, 0.05) is 11.6 Å². The zero-order valence-electron chi connectivity index (χ0n) is 11.4. The summed E-state index contributed by atoms with van der Waals surface area (Å²) in [4.78, 5) is 11.0. The Morgan fingerprint density at radius 2 is 2.05 bits per heavy atom. The van der Waals surface area contributed by atoms with Crippen molar-refractivity contribution >= 4 is 5.97 Å². The largest absolute Gasteiger partial charge is 0.480 e. The van der Waals surface area contributed by atoms with E-state index in [2.05, 4.69) is 5.32 Å². The summed E-state index contributed by atoms with van der Waals surface area (Å²) in [6.07, 6.45) is -0.288. The van der Waals surface area contributed by atoms with Crippen LogP contribution in [-0.4, -0.2) is 28.3 Å². The average molecular weight is 287 g/mol. The van der Waals surface area contributed by atoms with E-state index in [1.54, 1.807) is 0 Å². The van der Waals surface area contributed by atoms with E-state index in [-0.39, 0.29) is 5.56 Å². The standard InChI is InChI=1S/C14H19F2NO3/c1-3-4-12(14(19)20)17-8(2)13(18)10-7-9(15)5-6-11(10)16/h5-8,12-13,17-18H,3-4H2,1-2H3,(H,19,20). The zero-order chi connectivity index (χ0) is 15.3. The third-order valence-electron chi connectivity index (χ3n) is 3.09. The van der Waals surface area contributed by atoms with Gasteiger partial charge >= 0.3 is 5.97 Å². The van der Waals surface area contributed by atoms with Crippen LogP contribution >= 0.6 is 0 Å². The van der Waals surface area contributed by atoms with Crippen LogP contribution in [0.3, 0.4) is 0 Å². The van der Waals surface area contributed by atoms with Gasteiger partial charge in [0.25, 0.3) is 0 Å². The normalized spacial score (nSPS) is 15.7. The molecule has 0 aromatic heterocycles. The second kappa shape index (κ2) is 7.31. The number of carbonyl (C=O) groups is 1. The average Bonchev–Trinajstić information content (AvgIpc) is 2.40. The molecule has 1 aromatic rings. The maximum atomic E-state index is 13.6. The first-order valence-corrected chi connectivity index (χ1v) is 6.48. The lowest BCUT2D eigenvalue weighted by Gasteiger charge is -2.24. The molecule has 0 saturated carbocycles. The number of hydrogen-bond acceptors (Lipinski definition) is 3. The minimum Gasteiger partial charge on any atom is -0.480 e. The molecule has 3 N–H and O–H groups in total. The topological polar surface area (TPSA) is 69.6 Å². The van der Waals surface area contributed by atoms with Crippen molar-refractivity contribution in [3.05, 3.63) is 35.4 Å². The highest BCUT2D eigenvalue weighted by Crippen LogP contribution is 2.21. The molecule has 1 rings (SSSR count). The first kappa shape index (κ1) is 16.5. The van der Waals surface area contributed by atoms with Crippen LogP contribution in [0.2, 0.25) is 0 Å². The Hall–Kier alpha value is -1.53. The van der Waals surface area contributed by atoms with E-state index in [1.165, 1.54) is 6.92 Å². The highest BCUT2D eigenvalue weighted by Gasteiger charge is 2.25. The van der Waals surface area contributed by atoms with Gasteiger partial charge in [-0.05, 0) is 31.5 Å². The van der Waals surface area contributed by atoms with E-state index in [0.717, 1.165) is 18.2 Å². The summed E-state index contributed by atoms with van der Waals surface area (Å²) >= 11 is 0. The Labute approximate surface area is 116 Å². The maximum absolute atomic E-state index is 13.6. The van der Waals surface area contributed by atoms with Gasteiger partial charge in [-0.3, -0.25) is 10.1 Å². The fourth-order valence-electron chi connectivity index (χ4n) is 1.99. The predicted molar refractivity (Wildman–Crippen MR) is 70.2 cm³/mol. The lowest BCUT2D eigenvalue weighted by Crippen LogP contribution is -2.44. The van der Waals surface area contributed by atoms with Crippen LogP contribution in [0, 0.1) is 11.6 Å². The quantitative estimate of drug-likeness (QED) is 0.719. The molecule has 0 fully saturated rings. The van der Waals surface area contributed by atoms with E-state index in [4.69, 9.17) is 5.11 Å². The monoisotopic (exact) mass is 287 g/mol. The Balaban J connectivity index is 2.82. The molecule has 0 radical (unpaired) electrons. The number of halogens is 2. The molecule has 3 atom stereocenters. The van der Waals surface area contributed by atoms with Gasteiger partial charge in [0.05, 0.1) is 6.10 Å². The summed E-state index contributed by atoms with van der Waals surface area (Å²) < 4.78 is 26.6. The zero-order valence-corrected chi connectivity index (χ0v) is 11.4. The molecule has 0 saturated heterocycles. The van der Waals surface area contributed by atoms with Crippen LogP contribution < -0.4 is 5.32 Å². The van der Waals surface area contributed by atoms with Crippen molar-refractivity contribution in [1.82, 2.24) is 5.32 Å². The highest BCUT2D eigenvalue weighted by atomic mass is 19.1. The fourth-order valence-corrected chi connectivity index (χ4v) is 1.99. The number of aliphatic hydroxyl groups is 1. The molecule has 0 aliphatic rings. The van der Waals surface area contributed by atoms with Gasteiger partial charge < -0.3 is 10.2 Å². The number of aliphatic hydroxyl groups excluding tert-OH is 1. The number of carboxylic acids is 1. The summed E-state index contributed by atoms with van der Waals surface area (Å²) in [5.41, 5.74) is -0.189. The number of nitrogens with one attached hydrogen (secondary N) is 1. The number of benzene rings is 1. The van der Waals surface area contributed by atoms with Crippen molar-refractivity contribution in [3.63, 3.8) is 0 Å². The summed E-state index contributed by atoms with van der Waals surface area (Å²) in [6.45, 7) is 3.37. The van der Waals surface area contributed by atoms with Crippen LogP contribution in [0.5, 0.6) is 0 Å². The SMILES string of the molecule is CCCC(NC(C)C(O)c1cc(F)ccc1F)C(=O)O. The molecular formula is C14H19F2NO3. The molecule has 0 aliphatic heterocycles. The van der Waals surface area contributed by atoms with Gasteiger partial charge in [-0.25, -0.2) is 8.78 Å². The molecule has 3 unspecified atom stereocenters. The Kier molecular flexibility index (Phi) is 6.04. The van der Waals surface area contributed by atoms with Gasteiger partial charge in [-0.1, -0.05) is 13.3 Å². The lowest BCUT2D eigenvalue weighted by atomic mass is 10.0. The van der Waals surface area contributed by atoms with E-state index in [9.17, 15) is 18.7 Å². The fraction of sp³-hybridized carbons (Fsp3) is 0.500. The molecule has 0 heterocycles. The number of aliphatic carboxylic acids is 1. The van der Waals surface area contributed by atoms with Gasteiger partial charge in [-0.15, -0.1) is 0 Å². The first-order chi connectivity index (χ1) is 9.36. The summed E-state index contributed by atoms with van der Waals surface area (Å²) in [7, 11) is 0. The summed E-state index contributed by atoms with van der Waals surface area (Å²) in [5.74, 6) is -2.42. The number of carboxylic acid groups (broad SMARTS) is 1. The van der Waals surface area contributed by atoms with Crippen molar-refractivity contribution in [2.45, 2.75) is 44.9 Å². The molecule has 0 spiro atoms. The number of rotatable bonds is 7. The Bertz CT molecular complexity index is 468. The van der Waals surface area contributed by atoms with E-state index in [1.807, 2.05) is 6.92 Å². The molecule has 0 bridgehead atoms. The molecule has 4 nitrogen and oxygen atoms in total. The first-order valence-electron chi connectivity index (χ1n) is 6.48. The minimum atomic E-state index is -1.33. The highest BCUT2D eigenvalue weighted by molar-refractivity contribution is 5.73. The van der Waals surface area contributed by atoms with E-state index in [0.29, 0.717) is 12.8 Å². The molecular weight excluding hydrogens is 268 g/mol. The summed E-state index contributed by atoms with van der Waals surface area (Å²) in [5, 5.41) is 21.8. The van der Waals surface area contributed by atoms with Gasteiger partial charge in [0.1, 0.15) is 17.7 Å². The van der Waals surface area contributed by atoms with E-state index < -0.39 is 35.8 Å².